The number of methoxy groups -OCH3 is 2. The molecule has 1 saturated carbocycles. The van der Waals surface area contributed by atoms with Crippen LogP contribution in [0.3, 0.4) is 0 Å². The summed E-state index contributed by atoms with van der Waals surface area (Å²) in [5.41, 5.74) is -0.643. The molecule has 8 heterocycles. The molecule has 32 nitrogen and oxygen atoms in total. The average molecular weight is 1700 g/mol. The van der Waals surface area contributed by atoms with E-state index >= 15 is 0 Å². The van der Waals surface area contributed by atoms with Crippen molar-refractivity contribution in [2.24, 2.45) is 57.5 Å². The first-order valence-electron chi connectivity index (χ1n) is 41.7. The van der Waals surface area contributed by atoms with E-state index in [0.717, 1.165) is 26.2 Å². The Bertz CT molecular complexity index is 4860. The third-order valence-electron chi connectivity index (χ3n) is 25.4. The number of benzene rings is 4. The summed E-state index contributed by atoms with van der Waals surface area (Å²) in [6, 6.07) is 0.553. The quantitative estimate of drug-likeness (QED) is 0.0321. The van der Waals surface area contributed by atoms with Gasteiger partial charge in [-0.2, -0.15) is 10.2 Å². The fourth-order valence-electron chi connectivity index (χ4n) is 17.4. The molecule has 4 aromatic carbocycles. The van der Waals surface area contributed by atoms with Gasteiger partial charge in [0, 0.05) is 181 Å². The highest BCUT2D eigenvalue weighted by atomic mass is 16.7. The van der Waals surface area contributed by atoms with Crippen LogP contribution in [0.2, 0.25) is 0 Å². The van der Waals surface area contributed by atoms with Crippen LogP contribution in [-0.2, 0) is 47.6 Å². The number of piperazine rings is 2. The van der Waals surface area contributed by atoms with E-state index in [-0.39, 0.29) is 88.9 Å². The number of allylic oxidation sites excluding steroid dienone is 4. The lowest BCUT2D eigenvalue weighted by molar-refractivity contribution is -0.161. The number of hydrazone groups is 2. The average Bonchev–Trinajstić information content (AvgIpc) is 1.52. The first-order valence-corrected chi connectivity index (χ1v) is 41.7. The number of Topliss-reactive ketones (excluding diaryl/α,β-unsaturated/α-hetero) is 2. The first kappa shape index (κ1) is 93.9. The molecular weight excluding hydrogens is 1580 g/mol. The highest BCUT2D eigenvalue weighted by molar-refractivity contribution is 6.25. The van der Waals surface area contributed by atoms with E-state index in [9.17, 15) is 79.8 Å². The number of hydrogen-bond acceptors (Lipinski definition) is 30. The molecule has 18 atom stereocenters. The molecule has 9 aliphatic rings. The summed E-state index contributed by atoms with van der Waals surface area (Å²) in [5.74, 6) is -16.6. The number of ether oxygens (including phenoxy) is 8. The van der Waals surface area contributed by atoms with E-state index in [0.29, 0.717) is 32.2 Å². The number of carbonyl (C=O) groups excluding carboxylic acids is 6. The fourth-order valence-corrected chi connectivity index (χ4v) is 17.4. The van der Waals surface area contributed by atoms with Crippen LogP contribution < -0.4 is 20.1 Å². The monoisotopic (exact) mass is 1700 g/mol. The number of hydrogen-bond donors (Lipinski definition) is 12. The van der Waals surface area contributed by atoms with Gasteiger partial charge < -0.3 is 104 Å². The van der Waals surface area contributed by atoms with Gasteiger partial charge in [0.05, 0.1) is 106 Å². The second-order valence-corrected chi connectivity index (χ2v) is 33.9. The molecule has 13 rings (SSSR count). The molecule has 10 bridgehead atoms. The van der Waals surface area contributed by atoms with Crippen LogP contribution in [0.15, 0.2) is 82.5 Å². The van der Waals surface area contributed by atoms with Crippen molar-refractivity contribution in [2.45, 2.75) is 203 Å². The Labute approximate surface area is 711 Å². The zero-order valence-electron chi connectivity index (χ0n) is 73.1. The summed E-state index contributed by atoms with van der Waals surface area (Å²) in [6.07, 6.45) is 14.6. The number of rotatable bonds is 9. The van der Waals surface area contributed by atoms with Gasteiger partial charge in [0.25, 0.3) is 23.4 Å². The van der Waals surface area contributed by atoms with E-state index in [1.54, 1.807) is 84.7 Å². The van der Waals surface area contributed by atoms with Crippen LogP contribution in [0, 0.1) is 61.2 Å². The van der Waals surface area contributed by atoms with Gasteiger partial charge in [-0.3, -0.25) is 43.7 Å². The van der Waals surface area contributed by atoms with Crippen LogP contribution in [-0.4, -0.2) is 259 Å². The summed E-state index contributed by atoms with van der Waals surface area (Å²) in [7, 11) is 4.86. The number of phenols is 6. The molecule has 32 heteroatoms. The molecule has 2 saturated heterocycles. The number of esters is 2. The lowest BCUT2D eigenvalue weighted by Gasteiger charge is -2.38. The molecule has 0 spiro atoms. The molecule has 3 fully saturated rings. The molecule has 0 radical (unpaired) electrons. The molecule has 0 unspecified atom stereocenters. The molecule has 1 aliphatic carbocycles. The zero-order chi connectivity index (χ0) is 89.7. The number of likely N-dealkylation sites (N-methyl/N-ethyl adjacent to an activating group) is 1. The van der Waals surface area contributed by atoms with Gasteiger partial charge in [0.15, 0.2) is 11.5 Å². The van der Waals surface area contributed by atoms with Crippen molar-refractivity contribution in [1.82, 2.24) is 19.8 Å². The van der Waals surface area contributed by atoms with E-state index in [4.69, 9.17) is 37.9 Å². The van der Waals surface area contributed by atoms with Gasteiger partial charge in [-0.05, 0) is 59.7 Å². The fraction of sp³-hybridized carbons (Fsp3) is 0.556. The van der Waals surface area contributed by atoms with Gasteiger partial charge in [0.2, 0.25) is 0 Å². The van der Waals surface area contributed by atoms with Crippen LogP contribution >= 0.6 is 0 Å². The Morgan fingerprint density at radius 1 is 0.492 bits per heavy atom. The highest BCUT2D eigenvalue weighted by Crippen LogP contribution is 2.57. The van der Waals surface area contributed by atoms with Gasteiger partial charge >= 0.3 is 23.5 Å². The standard InChI is InChI=1S/C47H64N4O12.C43H58N4O12/c1-24-13-12-14-25(2)46(59)49-37-32(23-48-51-20-18-50(19-21-51)31-15-10-11-16-31)41(56)34-35(42(37)57)40(55)29(6)44-36(34)45(58)47(8,63-44)61-22-17-33(60-9)26(3)43(62-30(7)52)28(5)39(54)27(4)38(24)53;1-21-12-11-13-22(2)42(55)45-33-28(20-44-47-17-15-46(9)16-18-47)37(52)30-31(38(33)53)36(51)26(6)40-32(30)41(54)43(8,59-40)57-19-14-29(56-10)23(3)39(58-27(7)48)25(5)35(50)24(4)34(21)49/h12-14,17,22-24,26-28,31,33,38-39,43,53-57H,10-11,15-16,18-21H2,1-9H3,(H,49,59);11-14,19-21,23-25,29,34-35,39,49-53H,15-18H2,1-10H3,(H,45,55)/b13-12+,22-17+,25-14-,48-23+;12-11+,19-14+,22-13-,44-20+/t24-,26+,27+,28+,33-,38-,39+,43+,47-;21-,23+,24+,25+,29-,34-,35+,39+,43-/m00/s1. The van der Waals surface area contributed by atoms with Crippen molar-refractivity contribution in [2.75, 3.05) is 84.3 Å². The maximum atomic E-state index is 14.5. The summed E-state index contributed by atoms with van der Waals surface area (Å²) in [4.78, 5) is 85.9. The number of fused-ring (bicyclic) bond motifs is 28. The normalized spacial score (nSPS) is 32.2. The predicted molar refractivity (Wildman–Crippen MR) is 457 cm³/mol. The van der Waals surface area contributed by atoms with Crippen molar-refractivity contribution < 1.29 is 118 Å². The Kier molecular flexibility index (Phi) is 30.1. The lowest BCUT2D eigenvalue weighted by atomic mass is 9.78. The van der Waals surface area contributed by atoms with Crippen molar-refractivity contribution in [3.63, 3.8) is 0 Å². The largest absolute Gasteiger partial charge is 0.507 e. The Morgan fingerprint density at radius 3 is 1.20 bits per heavy atom. The Balaban J connectivity index is 0.000000256. The summed E-state index contributed by atoms with van der Waals surface area (Å²) >= 11 is 0. The predicted octanol–water partition coefficient (Wildman–Crippen LogP) is 9.98. The van der Waals surface area contributed by atoms with E-state index in [1.165, 1.54) is 145 Å². The summed E-state index contributed by atoms with van der Waals surface area (Å²) < 4.78 is 47.3. The minimum atomic E-state index is -2.04. The van der Waals surface area contributed by atoms with E-state index in [2.05, 4.69) is 30.6 Å². The smallest absolute Gasteiger partial charge is 0.312 e. The second kappa shape index (κ2) is 39.0. The minimum absolute atomic E-state index is 0.0559. The number of aliphatic hydroxyl groups excluding tert-OH is 4. The number of phenolic OH excluding ortho intramolecular Hbond substituents is 6. The Hall–Kier alpha value is -10.3. The third kappa shape index (κ3) is 19.4. The topological polar surface area (TPSA) is 440 Å². The third-order valence-corrected chi connectivity index (χ3v) is 25.4. The van der Waals surface area contributed by atoms with Gasteiger partial charge in [0.1, 0.15) is 46.7 Å². The van der Waals surface area contributed by atoms with Gasteiger partial charge in [-0.1, -0.05) is 105 Å². The number of anilines is 2. The molecule has 122 heavy (non-hydrogen) atoms. The van der Waals surface area contributed by atoms with Crippen molar-refractivity contribution in [1.29, 1.82) is 0 Å². The number of aliphatic hydroxyl groups is 4. The highest BCUT2D eigenvalue weighted by Gasteiger charge is 2.52. The van der Waals surface area contributed by atoms with Crippen molar-refractivity contribution in [3.05, 3.63) is 106 Å². The van der Waals surface area contributed by atoms with Crippen molar-refractivity contribution in [3.8, 4) is 46.0 Å². The van der Waals surface area contributed by atoms with Gasteiger partial charge in [-0.25, -0.2) is 0 Å². The van der Waals surface area contributed by atoms with Crippen LogP contribution in [0.5, 0.6) is 46.0 Å². The van der Waals surface area contributed by atoms with Crippen molar-refractivity contribution >= 4 is 80.7 Å². The number of nitrogens with zero attached hydrogens (tertiary/aromatic N) is 6. The summed E-state index contributed by atoms with van der Waals surface area (Å²) in [5, 5.41) is 134. The van der Waals surface area contributed by atoms with E-state index < -0.39 is 178 Å². The SMILES string of the molecule is CO[C@H]1/C=C/O[C@@]2(C)Oc3c(C)c(O)c4c(O)c(c(/C=N/N5CCN(C)CC5)c(O)c4c3C2=O)NC(=O)/C(C)=C\C=C\[C@H](C)[C@H](O)[C@@H](C)[C@@H](O)[C@@H](C)[C@H](OC(C)=O)[C@@H]1C.CO[C@H]1/C=C/O[C@@]2(C)Oc3c(C)c(O)c4c(O)c(c(/C=N/N5CCN(C6CCCC6)CC5)c(O)c4c3C2=O)NC(=O)/C(C)=C\C=C\[C@H](C)[C@H](O)[C@@H](C)[C@@H](O)[C@@H](C)[C@H](OC(C)=O)[C@@H]1C. The maximum Gasteiger partial charge on any atom is 0.312 e. The molecule has 0 aromatic heterocycles. The Morgan fingerprint density at radius 2 is 0.852 bits per heavy atom. The van der Waals surface area contributed by atoms with Crippen LogP contribution in [0.4, 0.5) is 11.4 Å². The summed E-state index contributed by atoms with van der Waals surface area (Å²) in [6.45, 7) is 30.5. The molecule has 12 N–H and O–H groups in total. The molecular formula is C90H122N8O24. The maximum absolute atomic E-state index is 14.5. The second-order valence-electron chi connectivity index (χ2n) is 33.9. The number of amides is 2. The number of nitrogens with one attached hydrogen (secondary N) is 2. The molecule has 666 valence electrons. The van der Waals surface area contributed by atoms with Gasteiger partial charge in [-0.15, -0.1) is 0 Å². The lowest BCUT2D eigenvalue weighted by Crippen LogP contribution is -2.47. The van der Waals surface area contributed by atoms with Crippen LogP contribution in [0.1, 0.15) is 166 Å². The minimum Gasteiger partial charge on any atom is -0.507 e. The van der Waals surface area contributed by atoms with E-state index in [1.807, 2.05) is 12.1 Å². The van der Waals surface area contributed by atoms with Crippen LogP contribution in [0.25, 0.3) is 21.5 Å². The molecule has 2 amide bonds. The zero-order valence-corrected chi connectivity index (χ0v) is 73.1. The number of carbonyl (C=O) groups is 6. The molecule has 8 aliphatic heterocycles. The number of ketones is 2. The first-order chi connectivity index (χ1) is 57.5. The number of aromatic hydroxyl groups is 6. The molecule has 4 aromatic rings.